The first-order valence-electron chi connectivity index (χ1n) is 8.81. The molecule has 0 bridgehead atoms. The second-order valence-corrected chi connectivity index (χ2v) is 7.36. The molecule has 0 saturated heterocycles. The van der Waals surface area contributed by atoms with Crippen LogP contribution in [0.5, 0.6) is 0 Å². The third kappa shape index (κ3) is 2.50. The molecule has 0 amide bonds. The topological polar surface area (TPSA) is 47.9 Å². The van der Waals surface area contributed by atoms with Crippen LogP contribution in [0.2, 0.25) is 0 Å². The van der Waals surface area contributed by atoms with Crippen molar-refractivity contribution in [2.75, 3.05) is 0 Å². The van der Waals surface area contributed by atoms with Crippen molar-refractivity contribution < 1.29 is 0 Å². The molecule has 0 atom stereocenters. The zero-order valence-corrected chi connectivity index (χ0v) is 15.5. The van der Waals surface area contributed by atoms with Gasteiger partial charge in [-0.05, 0) is 24.3 Å². The number of hydrogen-bond donors (Lipinski definition) is 0. The van der Waals surface area contributed by atoms with Crippen molar-refractivity contribution in [3.05, 3.63) is 112 Å². The first-order chi connectivity index (χ1) is 13.8. The molecule has 0 radical (unpaired) electrons. The fraction of sp³-hybridized carbons (Fsp3) is 0. The van der Waals surface area contributed by atoms with E-state index in [1.807, 2.05) is 78.9 Å². The predicted octanol–water partition coefficient (Wildman–Crippen LogP) is 3.81. The molecule has 0 fully saturated rings. The lowest BCUT2D eigenvalue weighted by molar-refractivity contribution is 0.643. The highest BCUT2D eigenvalue weighted by molar-refractivity contribution is 7.99. The summed E-state index contributed by atoms with van der Waals surface area (Å²) in [6.07, 6.45) is 0. The van der Waals surface area contributed by atoms with Crippen molar-refractivity contribution >= 4 is 11.8 Å². The van der Waals surface area contributed by atoms with Gasteiger partial charge in [-0.1, -0.05) is 78.5 Å². The molecular formula is C22H15N3O2S. The van der Waals surface area contributed by atoms with Gasteiger partial charge in [0.25, 0.3) is 0 Å². The van der Waals surface area contributed by atoms with Gasteiger partial charge in [-0.25, -0.2) is 14.2 Å². The maximum atomic E-state index is 13.1. The molecule has 0 unspecified atom stereocenters. The average Bonchev–Trinajstić information content (AvgIpc) is 2.94. The average molecular weight is 385 g/mol. The van der Waals surface area contributed by atoms with E-state index in [0.717, 1.165) is 21.2 Å². The summed E-state index contributed by atoms with van der Waals surface area (Å²) in [6.45, 7) is 0. The van der Waals surface area contributed by atoms with Crippen LogP contribution < -0.4 is 11.4 Å². The van der Waals surface area contributed by atoms with E-state index in [0.29, 0.717) is 5.69 Å². The molecule has 6 heteroatoms. The molecule has 2 heterocycles. The van der Waals surface area contributed by atoms with Crippen molar-refractivity contribution in [3.63, 3.8) is 0 Å². The van der Waals surface area contributed by atoms with E-state index in [9.17, 15) is 9.59 Å². The van der Waals surface area contributed by atoms with E-state index < -0.39 is 0 Å². The summed E-state index contributed by atoms with van der Waals surface area (Å²) in [5, 5.41) is 0.745. The van der Waals surface area contributed by atoms with E-state index in [1.165, 1.54) is 25.4 Å². The van der Waals surface area contributed by atoms with E-state index in [2.05, 4.69) is 0 Å². The highest BCUT2D eigenvalue weighted by Crippen LogP contribution is 2.36. The molecule has 5 aromatic rings. The summed E-state index contributed by atoms with van der Waals surface area (Å²) in [4.78, 5) is 27.2. The number of fused-ring (bicyclic) bond motifs is 1. The fourth-order valence-corrected chi connectivity index (χ4v) is 4.36. The Morgan fingerprint density at radius 2 is 1.14 bits per heavy atom. The van der Waals surface area contributed by atoms with Crippen LogP contribution >= 0.6 is 11.8 Å². The predicted molar refractivity (Wildman–Crippen MR) is 110 cm³/mol. The minimum absolute atomic E-state index is 0.366. The number of nitrogens with zero attached hydrogens (tertiary/aromatic N) is 3. The highest BCUT2D eigenvalue weighted by Gasteiger charge is 2.27. The Labute approximate surface area is 164 Å². The summed E-state index contributed by atoms with van der Waals surface area (Å²) in [6, 6.07) is 28.5. The van der Waals surface area contributed by atoms with Gasteiger partial charge in [0.05, 0.1) is 5.69 Å². The third-order valence-corrected chi connectivity index (χ3v) is 5.64. The lowest BCUT2D eigenvalue weighted by Crippen LogP contribution is -2.25. The van der Waals surface area contributed by atoms with E-state index in [-0.39, 0.29) is 11.4 Å². The van der Waals surface area contributed by atoms with Gasteiger partial charge in [0.1, 0.15) is 10.7 Å². The molecule has 5 nitrogen and oxygen atoms in total. The molecule has 0 N–H and O–H groups in total. The van der Waals surface area contributed by atoms with E-state index in [4.69, 9.17) is 0 Å². The molecule has 2 aromatic heterocycles. The Morgan fingerprint density at radius 3 is 1.79 bits per heavy atom. The zero-order chi connectivity index (χ0) is 19.1. The Balaban J connectivity index is 1.79. The SMILES string of the molecule is O=c1n(-c2ccccc2)c(=O)n2c(-c3ccccc3)c(Sc3ccccc3)n12. The molecule has 0 saturated carbocycles. The highest BCUT2D eigenvalue weighted by atomic mass is 32.2. The minimum atomic E-state index is -0.368. The molecule has 3 aromatic carbocycles. The third-order valence-electron chi connectivity index (χ3n) is 4.57. The normalized spacial score (nSPS) is 11.3. The van der Waals surface area contributed by atoms with Crippen LogP contribution in [0.4, 0.5) is 0 Å². The van der Waals surface area contributed by atoms with Gasteiger partial charge in [-0.2, -0.15) is 9.03 Å². The zero-order valence-electron chi connectivity index (χ0n) is 14.7. The van der Waals surface area contributed by atoms with Crippen molar-refractivity contribution in [3.8, 4) is 16.9 Å². The maximum absolute atomic E-state index is 13.1. The monoisotopic (exact) mass is 385 g/mol. The summed E-state index contributed by atoms with van der Waals surface area (Å²) in [7, 11) is 0. The number of para-hydroxylation sites is 1. The molecule has 0 spiro atoms. The maximum Gasteiger partial charge on any atom is 0.357 e. The molecule has 5 rings (SSSR count). The Kier molecular flexibility index (Phi) is 3.91. The first kappa shape index (κ1) is 16.6. The van der Waals surface area contributed by atoms with E-state index >= 15 is 0 Å². The quantitative estimate of drug-likeness (QED) is 0.473. The van der Waals surface area contributed by atoms with Gasteiger partial charge in [0, 0.05) is 10.5 Å². The molecule has 0 aliphatic heterocycles. The van der Waals surface area contributed by atoms with Crippen LogP contribution in [0.15, 0.2) is 111 Å². The van der Waals surface area contributed by atoms with E-state index in [1.54, 1.807) is 12.1 Å². The summed E-state index contributed by atoms with van der Waals surface area (Å²) < 4.78 is 4.12. The van der Waals surface area contributed by atoms with Gasteiger partial charge >= 0.3 is 11.4 Å². The van der Waals surface area contributed by atoms with Gasteiger partial charge in [0.2, 0.25) is 0 Å². The molecular weight excluding hydrogens is 370 g/mol. The summed E-state index contributed by atoms with van der Waals surface area (Å²) in [5.74, 6) is 0. The molecule has 0 aliphatic rings. The van der Waals surface area contributed by atoms with Crippen LogP contribution in [0.3, 0.4) is 0 Å². The Morgan fingerprint density at radius 1 is 0.607 bits per heavy atom. The fourth-order valence-electron chi connectivity index (χ4n) is 3.29. The number of rotatable bonds is 4. The van der Waals surface area contributed by atoms with Gasteiger partial charge < -0.3 is 0 Å². The number of hydrogen-bond acceptors (Lipinski definition) is 3. The van der Waals surface area contributed by atoms with Crippen LogP contribution in [-0.2, 0) is 0 Å². The van der Waals surface area contributed by atoms with Crippen molar-refractivity contribution in [2.24, 2.45) is 0 Å². The lowest BCUT2D eigenvalue weighted by atomic mass is 10.1. The Hall–Kier alpha value is -3.51. The first-order valence-corrected chi connectivity index (χ1v) is 9.63. The summed E-state index contributed by atoms with van der Waals surface area (Å²) >= 11 is 1.48. The van der Waals surface area contributed by atoms with Crippen LogP contribution in [0.1, 0.15) is 0 Å². The summed E-state index contributed by atoms with van der Waals surface area (Å²) in [5.41, 5.74) is 1.46. The van der Waals surface area contributed by atoms with Crippen molar-refractivity contribution in [1.82, 2.24) is 13.6 Å². The second kappa shape index (κ2) is 6.58. The Bertz CT molecular complexity index is 1350. The van der Waals surface area contributed by atoms with Crippen LogP contribution in [0.25, 0.3) is 16.9 Å². The smallest absolute Gasteiger partial charge is 0.245 e. The minimum Gasteiger partial charge on any atom is -0.245 e. The van der Waals surface area contributed by atoms with Crippen LogP contribution in [0, 0.1) is 0 Å². The molecule has 136 valence electrons. The van der Waals surface area contributed by atoms with Crippen molar-refractivity contribution in [2.45, 2.75) is 9.92 Å². The van der Waals surface area contributed by atoms with Crippen LogP contribution in [-0.4, -0.2) is 13.6 Å². The number of aromatic nitrogens is 3. The molecule has 0 aliphatic carbocycles. The van der Waals surface area contributed by atoms with Gasteiger partial charge in [-0.3, -0.25) is 0 Å². The van der Waals surface area contributed by atoms with Gasteiger partial charge in [0.15, 0.2) is 0 Å². The molecule has 28 heavy (non-hydrogen) atoms. The van der Waals surface area contributed by atoms with Crippen molar-refractivity contribution in [1.29, 1.82) is 0 Å². The van der Waals surface area contributed by atoms with Gasteiger partial charge in [-0.15, -0.1) is 0 Å². The lowest BCUT2D eigenvalue weighted by Gasteiger charge is -2.17. The standard InChI is InChI=1S/C22H15N3O2S/c26-21-23(17-12-6-2-7-13-17)22(27)25-20(28-18-14-8-3-9-15-18)19(24(21)25)16-10-4-1-5-11-16/h1-15H. The number of benzene rings is 3. The largest absolute Gasteiger partial charge is 0.357 e. The second-order valence-electron chi connectivity index (χ2n) is 6.29.